The fourth-order valence-corrected chi connectivity index (χ4v) is 9.66. The molecule has 1 amide bonds. The number of quaternary nitrogens is 1. The average molecular weight is 985 g/mol. The van der Waals surface area contributed by atoms with Gasteiger partial charge in [0, 0.05) is 64.5 Å². The fourth-order valence-electron chi connectivity index (χ4n) is 8.08. The molecule has 0 spiro atoms. The lowest BCUT2D eigenvalue weighted by atomic mass is 10.0. The molecule has 68 heavy (non-hydrogen) atoms. The van der Waals surface area contributed by atoms with Crippen molar-refractivity contribution in [3.05, 3.63) is 24.3 Å². The molecule has 1 heterocycles. The van der Waals surface area contributed by atoms with Gasteiger partial charge in [-0.1, -0.05) is 96.3 Å². The van der Waals surface area contributed by atoms with E-state index in [2.05, 4.69) is 5.32 Å². The van der Waals surface area contributed by atoms with Gasteiger partial charge in [0.1, 0.15) is 19.2 Å². The minimum Gasteiger partial charge on any atom is -0.854 e. The summed E-state index contributed by atoms with van der Waals surface area (Å²) in [4.78, 5) is 67.3. The van der Waals surface area contributed by atoms with Gasteiger partial charge in [0.25, 0.3) is 0 Å². The maximum absolute atomic E-state index is 14.2. The number of amides is 1. The van der Waals surface area contributed by atoms with Gasteiger partial charge in [-0.15, -0.1) is 6.61 Å². The zero-order valence-electron chi connectivity index (χ0n) is 41.4. The summed E-state index contributed by atoms with van der Waals surface area (Å²) >= 11 is 0. The van der Waals surface area contributed by atoms with Gasteiger partial charge in [0.05, 0.1) is 52.7 Å². The van der Waals surface area contributed by atoms with Crippen LogP contribution in [0.2, 0.25) is 0 Å². The standard InChI is InChI=1S/C48H85N6O13P/c1-54(2,3)34-37-67-68(65,66-36-19-17-15-13-11-9-7-5-4-6-8-10-12-14-16-18-35-55)42-22-20-41(21-23-42)49-44(56)25-24-43(48(63)64)53-32-30-51(39-46(59)60)28-26-50(38-45(57)58)27-29-52(31-33-53)40-47(61)62/h20-23,43H,4-19,24-40H2,1-3H3,(H,49,56)(H,57,58)(H,59,60)(H,61,62)(H,63,64). The van der Waals surface area contributed by atoms with Gasteiger partial charge in [-0.2, -0.15) is 0 Å². The molecular formula is C48H85N6O13P. The molecule has 20 heteroatoms. The number of nitrogens with one attached hydrogen (secondary N) is 1. The summed E-state index contributed by atoms with van der Waals surface area (Å²) in [7, 11) is 2.33. The highest BCUT2D eigenvalue weighted by Gasteiger charge is 2.30. The Hall–Kier alpha value is -3.52. The number of aliphatic carboxylic acids is 4. The number of rotatable bonds is 36. The van der Waals surface area contributed by atoms with E-state index in [1.165, 1.54) is 64.2 Å². The van der Waals surface area contributed by atoms with Crippen LogP contribution >= 0.6 is 7.60 Å². The number of carbonyl (C=O) groups excluding carboxylic acids is 1. The predicted molar refractivity (Wildman–Crippen MR) is 260 cm³/mol. The molecule has 19 nitrogen and oxygen atoms in total. The fraction of sp³-hybridized carbons (Fsp3) is 0.771. The summed E-state index contributed by atoms with van der Waals surface area (Å²) in [5.41, 5.74) is 0.403. The average Bonchev–Trinajstić information content (AvgIpc) is 3.25. The Morgan fingerprint density at radius 2 is 0.985 bits per heavy atom. The molecule has 1 saturated heterocycles. The van der Waals surface area contributed by atoms with Gasteiger partial charge in [-0.25, -0.2) is 0 Å². The van der Waals surface area contributed by atoms with E-state index in [4.69, 9.17) is 9.05 Å². The van der Waals surface area contributed by atoms with Crippen LogP contribution < -0.4 is 15.7 Å². The molecule has 0 bridgehead atoms. The SMILES string of the molecule is C[N+](C)(C)CCOP(=O)(OCCCCCCCCCCCCCCCCCC[O-])c1ccc(NC(=O)CCC(C(=O)O)N2CCN(CC(=O)O)CCN(CC(=O)O)CCN(CC(=O)O)CC2)cc1. The normalized spacial score (nSPS) is 16.6. The largest absolute Gasteiger partial charge is 0.854 e. The summed E-state index contributed by atoms with van der Waals surface area (Å²) < 4.78 is 26.8. The molecule has 0 aromatic heterocycles. The zero-order chi connectivity index (χ0) is 50.2. The van der Waals surface area contributed by atoms with Crippen molar-refractivity contribution >= 4 is 48.4 Å². The molecular weight excluding hydrogens is 900 g/mol. The number of benzene rings is 1. The van der Waals surface area contributed by atoms with E-state index >= 15 is 0 Å². The lowest BCUT2D eigenvalue weighted by Crippen LogP contribution is -2.52. The van der Waals surface area contributed by atoms with Gasteiger partial charge in [0.2, 0.25) is 5.91 Å². The van der Waals surface area contributed by atoms with Crippen LogP contribution in [0.25, 0.3) is 0 Å². The van der Waals surface area contributed by atoms with Crippen LogP contribution in [0.15, 0.2) is 24.3 Å². The van der Waals surface area contributed by atoms with Crippen LogP contribution in [-0.2, 0) is 37.6 Å². The van der Waals surface area contributed by atoms with Crippen LogP contribution in [0.5, 0.6) is 0 Å². The first kappa shape index (κ1) is 60.6. The van der Waals surface area contributed by atoms with E-state index < -0.39 is 43.4 Å². The number of unbranched alkanes of at least 4 members (excludes halogenated alkanes) is 15. The number of carboxylic acids is 4. The highest BCUT2D eigenvalue weighted by molar-refractivity contribution is 7.62. The molecule has 2 unspecified atom stereocenters. The van der Waals surface area contributed by atoms with Crippen molar-refractivity contribution in [1.82, 2.24) is 19.6 Å². The van der Waals surface area contributed by atoms with Crippen molar-refractivity contribution in [2.75, 3.05) is 125 Å². The van der Waals surface area contributed by atoms with E-state index in [0.717, 1.165) is 38.5 Å². The molecule has 1 aromatic carbocycles. The number of carboxylic acid groups (broad SMARTS) is 4. The number of likely N-dealkylation sites (N-methyl/N-ethyl adjacent to an activating group) is 1. The molecule has 0 radical (unpaired) electrons. The molecule has 1 aliphatic heterocycles. The third-order valence-electron chi connectivity index (χ3n) is 12.1. The van der Waals surface area contributed by atoms with Crippen LogP contribution in [0.3, 0.4) is 0 Å². The summed E-state index contributed by atoms with van der Waals surface area (Å²) in [5, 5.41) is 52.6. The molecule has 2 rings (SSSR count). The van der Waals surface area contributed by atoms with E-state index in [1.807, 2.05) is 21.1 Å². The van der Waals surface area contributed by atoms with Gasteiger partial charge >= 0.3 is 31.5 Å². The summed E-state index contributed by atoms with van der Waals surface area (Å²) in [5.74, 6) is -4.92. The monoisotopic (exact) mass is 985 g/mol. The predicted octanol–water partition coefficient (Wildman–Crippen LogP) is 4.49. The lowest BCUT2D eigenvalue weighted by molar-refractivity contribution is -0.870. The Kier molecular flexibility index (Phi) is 30.9. The molecule has 0 aliphatic carbocycles. The summed E-state index contributed by atoms with van der Waals surface area (Å²) in [6.07, 6.45) is 18.1. The first-order valence-electron chi connectivity index (χ1n) is 24.9. The van der Waals surface area contributed by atoms with Crippen molar-refractivity contribution < 1.29 is 67.6 Å². The molecule has 0 saturated carbocycles. The Morgan fingerprint density at radius 1 is 0.603 bits per heavy atom. The van der Waals surface area contributed by atoms with Crippen molar-refractivity contribution in [1.29, 1.82) is 0 Å². The molecule has 5 N–H and O–H groups in total. The Morgan fingerprint density at radius 3 is 1.37 bits per heavy atom. The lowest BCUT2D eigenvalue weighted by Gasteiger charge is -2.35. The van der Waals surface area contributed by atoms with Gasteiger partial charge in [0.15, 0.2) is 0 Å². The van der Waals surface area contributed by atoms with Crippen molar-refractivity contribution in [3.63, 3.8) is 0 Å². The summed E-state index contributed by atoms with van der Waals surface area (Å²) in [6.45, 7) is 1.39. The number of anilines is 1. The Bertz CT molecular complexity index is 1620. The van der Waals surface area contributed by atoms with Crippen LogP contribution in [-0.4, -0.2) is 200 Å². The van der Waals surface area contributed by atoms with E-state index in [-0.39, 0.29) is 105 Å². The first-order valence-corrected chi connectivity index (χ1v) is 26.4. The van der Waals surface area contributed by atoms with E-state index in [9.17, 15) is 54.1 Å². The number of nitrogens with zero attached hydrogens (tertiary/aromatic N) is 5. The minimum absolute atomic E-state index is 0.0531. The second-order valence-corrected chi connectivity index (χ2v) is 21.1. The molecule has 1 aliphatic rings. The molecule has 390 valence electrons. The van der Waals surface area contributed by atoms with Crippen LogP contribution in [0.4, 0.5) is 5.69 Å². The van der Waals surface area contributed by atoms with Crippen molar-refractivity contribution in [2.45, 2.75) is 122 Å². The molecule has 1 fully saturated rings. The number of hydrogen-bond acceptors (Lipinski definition) is 13. The number of hydrogen-bond donors (Lipinski definition) is 5. The third kappa shape index (κ3) is 28.8. The minimum atomic E-state index is -3.71. The first-order chi connectivity index (χ1) is 32.4. The Labute approximate surface area is 405 Å². The molecule has 2 atom stereocenters. The van der Waals surface area contributed by atoms with Crippen LogP contribution in [0, 0.1) is 0 Å². The number of carbonyl (C=O) groups is 5. The second kappa shape index (κ2) is 34.7. The van der Waals surface area contributed by atoms with Crippen molar-refractivity contribution in [3.8, 4) is 0 Å². The summed E-state index contributed by atoms with van der Waals surface area (Å²) in [6, 6.07) is 5.25. The highest BCUT2D eigenvalue weighted by Crippen LogP contribution is 2.47. The third-order valence-corrected chi connectivity index (χ3v) is 14.1. The van der Waals surface area contributed by atoms with Gasteiger partial charge in [-0.05, 0) is 37.1 Å². The van der Waals surface area contributed by atoms with Gasteiger partial charge < -0.3 is 39.9 Å². The second-order valence-electron chi connectivity index (χ2n) is 19.1. The zero-order valence-corrected chi connectivity index (χ0v) is 42.3. The van der Waals surface area contributed by atoms with E-state index in [1.54, 1.807) is 43.9 Å². The van der Waals surface area contributed by atoms with E-state index in [0.29, 0.717) is 22.0 Å². The maximum atomic E-state index is 14.2. The van der Waals surface area contributed by atoms with Gasteiger partial charge in [-0.3, -0.25) is 52.7 Å². The topological polar surface area (TPSA) is 250 Å². The Balaban J connectivity index is 1.96. The smallest absolute Gasteiger partial charge is 0.361 e. The highest BCUT2D eigenvalue weighted by atomic mass is 31.2. The molecule has 1 aromatic rings. The quantitative estimate of drug-likeness (QED) is 0.0353. The van der Waals surface area contributed by atoms with Crippen molar-refractivity contribution in [2.24, 2.45) is 0 Å². The van der Waals surface area contributed by atoms with Crippen LogP contribution in [0.1, 0.15) is 116 Å². The maximum Gasteiger partial charge on any atom is 0.361 e.